The molecule has 1 aromatic carbocycles. The molecule has 0 unspecified atom stereocenters. The van der Waals surface area contributed by atoms with Gasteiger partial charge < -0.3 is 19.3 Å². The van der Waals surface area contributed by atoms with Gasteiger partial charge in [-0.15, -0.1) is 0 Å². The smallest absolute Gasteiger partial charge is 0.399 e. The van der Waals surface area contributed by atoms with Gasteiger partial charge in [-0.3, -0.25) is 4.79 Å². The van der Waals surface area contributed by atoms with Crippen molar-refractivity contribution in [3.8, 4) is 0 Å². The number of amides is 1. The van der Waals surface area contributed by atoms with Gasteiger partial charge in [-0.05, 0) is 59.6 Å². The van der Waals surface area contributed by atoms with Crippen molar-refractivity contribution >= 4 is 18.5 Å². The SMILES string of the molecule is CC1(O)CCN(C(=O)c2ccc(B3OC(C)(C)C(C)(C)O3)c(F)c2)CC1. The second-order valence-corrected chi connectivity index (χ2v) is 8.61. The number of benzene rings is 1. The van der Waals surface area contributed by atoms with Crippen LogP contribution in [0.4, 0.5) is 4.39 Å². The number of nitrogens with zero attached hydrogens (tertiary/aromatic N) is 1. The average Bonchev–Trinajstić information content (AvgIpc) is 2.74. The Hall–Kier alpha value is -1.44. The van der Waals surface area contributed by atoms with Crippen molar-refractivity contribution in [2.45, 2.75) is 64.3 Å². The van der Waals surface area contributed by atoms with Crippen LogP contribution in [0.5, 0.6) is 0 Å². The maximum absolute atomic E-state index is 14.7. The van der Waals surface area contributed by atoms with Gasteiger partial charge in [0.1, 0.15) is 5.82 Å². The molecule has 3 rings (SSSR count). The van der Waals surface area contributed by atoms with Gasteiger partial charge in [0.2, 0.25) is 0 Å². The minimum Gasteiger partial charge on any atom is -0.399 e. The van der Waals surface area contributed by atoms with E-state index in [9.17, 15) is 14.3 Å². The molecule has 26 heavy (non-hydrogen) atoms. The van der Waals surface area contributed by atoms with Gasteiger partial charge in [0, 0.05) is 24.1 Å². The summed E-state index contributed by atoms with van der Waals surface area (Å²) in [5.74, 6) is -0.738. The first-order valence-corrected chi connectivity index (χ1v) is 9.09. The first kappa shape index (κ1) is 19.3. The van der Waals surface area contributed by atoms with Crippen LogP contribution in [0, 0.1) is 5.82 Å². The summed E-state index contributed by atoms with van der Waals surface area (Å²) < 4.78 is 26.5. The van der Waals surface area contributed by atoms with E-state index in [4.69, 9.17) is 9.31 Å². The van der Waals surface area contributed by atoms with Gasteiger partial charge in [0.25, 0.3) is 5.91 Å². The second kappa shape index (κ2) is 6.32. The highest BCUT2D eigenvalue weighted by Crippen LogP contribution is 2.36. The van der Waals surface area contributed by atoms with E-state index in [-0.39, 0.29) is 5.91 Å². The van der Waals surface area contributed by atoms with Crippen LogP contribution in [-0.2, 0) is 9.31 Å². The summed E-state index contributed by atoms with van der Waals surface area (Å²) in [5.41, 5.74) is -1.25. The van der Waals surface area contributed by atoms with Gasteiger partial charge in [0.15, 0.2) is 0 Å². The Morgan fingerprint density at radius 2 is 1.65 bits per heavy atom. The molecule has 5 nitrogen and oxygen atoms in total. The maximum Gasteiger partial charge on any atom is 0.497 e. The van der Waals surface area contributed by atoms with E-state index in [1.54, 1.807) is 24.0 Å². The zero-order chi connectivity index (χ0) is 19.3. The summed E-state index contributed by atoms with van der Waals surface area (Å²) in [6.45, 7) is 10.3. The first-order chi connectivity index (χ1) is 11.9. The molecule has 2 aliphatic heterocycles. The minimum absolute atomic E-state index is 0.222. The van der Waals surface area contributed by atoms with Crippen molar-refractivity contribution in [3.05, 3.63) is 29.6 Å². The Balaban J connectivity index is 1.75. The molecule has 0 radical (unpaired) electrons. The van der Waals surface area contributed by atoms with E-state index in [2.05, 4.69) is 0 Å². The molecular formula is C19H27BFNO4. The number of aliphatic hydroxyl groups is 1. The third-order valence-corrected chi connectivity index (χ3v) is 5.88. The average molecular weight is 363 g/mol. The Kier molecular flexibility index (Phi) is 4.70. The second-order valence-electron chi connectivity index (χ2n) is 8.61. The standard InChI is InChI=1S/C19H27BFNO4/c1-17(2)18(3,4)26-20(25-17)14-7-6-13(12-15(14)21)16(23)22-10-8-19(5,24)9-11-22/h6-7,12,24H,8-11H2,1-5H3. The van der Waals surface area contributed by atoms with Crippen LogP contribution >= 0.6 is 0 Å². The monoisotopic (exact) mass is 363 g/mol. The van der Waals surface area contributed by atoms with Gasteiger partial charge in [-0.1, -0.05) is 6.07 Å². The lowest BCUT2D eigenvalue weighted by atomic mass is 9.78. The van der Waals surface area contributed by atoms with Gasteiger partial charge in [0.05, 0.1) is 16.8 Å². The number of halogens is 1. The summed E-state index contributed by atoms with van der Waals surface area (Å²) in [6.07, 6.45) is 1.04. The van der Waals surface area contributed by atoms with E-state index in [0.717, 1.165) is 0 Å². The molecule has 0 saturated carbocycles. The summed E-state index contributed by atoms with van der Waals surface area (Å²) >= 11 is 0. The Labute approximate surface area is 154 Å². The largest absolute Gasteiger partial charge is 0.497 e. The summed E-state index contributed by atoms with van der Waals surface area (Å²) in [4.78, 5) is 14.3. The van der Waals surface area contributed by atoms with Crippen molar-refractivity contribution in [3.63, 3.8) is 0 Å². The number of likely N-dealkylation sites (tertiary alicyclic amines) is 1. The normalized spacial score (nSPS) is 24.0. The van der Waals surface area contributed by atoms with Crippen LogP contribution in [0.15, 0.2) is 18.2 Å². The lowest BCUT2D eigenvalue weighted by Crippen LogP contribution is -2.45. The summed E-state index contributed by atoms with van der Waals surface area (Å²) in [5, 5.41) is 10.0. The molecule has 0 aromatic heterocycles. The van der Waals surface area contributed by atoms with Crippen molar-refractivity contribution in [2.24, 2.45) is 0 Å². The van der Waals surface area contributed by atoms with E-state index in [1.807, 2.05) is 27.7 Å². The molecule has 1 N–H and O–H groups in total. The minimum atomic E-state index is -0.797. The molecule has 142 valence electrons. The molecule has 0 atom stereocenters. The molecular weight excluding hydrogens is 336 g/mol. The summed E-state index contributed by atoms with van der Waals surface area (Å²) in [6, 6.07) is 4.42. The molecule has 1 aromatic rings. The number of piperidine rings is 1. The zero-order valence-corrected chi connectivity index (χ0v) is 16.1. The van der Waals surface area contributed by atoms with Crippen LogP contribution in [0.2, 0.25) is 0 Å². The van der Waals surface area contributed by atoms with Gasteiger partial charge in [-0.25, -0.2) is 4.39 Å². The third kappa shape index (κ3) is 3.52. The highest BCUT2D eigenvalue weighted by molar-refractivity contribution is 6.62. The van der Waals surface area contributed by atoms with Crippen molar-refractivity contribution in [1.82, 2.24) is 4.90 Å². The number of carbonyl (C=O) groups is 1. The Morgan fingerprint density at radius 3 is 2.15 bits per heavy atom. The molecule has 1 amide bonds. The van der Waals surface area contributed by atoms with E-state index in [1.165, 1.54) is 6.07 Å². The molecule has 2 fully saturated rings. The number of rotatable bonds is 2. The molecule has 0 aliphatic carbocycles. The number of carbonyl (C=O) groups excluding carboxylic acids is 1. The van der Waals surface area contributed by atoms with Crippen LogP contribution < -0.4 is 5.46 Å². The molecule has 7 heteroatoms. The number of hydrogen-bond acceptors (Lipinski definition) is 4. The topological polar surface area (TPSA) is 59.0 Å². The first-order valence-electron chi connectivity index (χ1n) is 9.09. The van der Waals surface area contributed by atoms with Gasteiger partial charge in [-0.2, -0.15) is 0 Å². The highest BCUT2D eigenvalue weighted by atomic mass is 19.1. The summed E-state index contributed by atoms with van der Waals surface area (Å²) in [7, 11) is -0.797. The highest BCUT2D eigenvalue weighted by Gasteiger charge is 2.52. The Morgan fingerprint density at radius 1 is 1.12 bits per heavy atom. The van der Waals surface area contributed by atoms with Crippen LogP contribution in [0.1, 0.15) is 57.8 Å². The molecule has 2 saturated heterocycles. The van der Waals surface area contributed by atoms with E-state index < -0.39 is 29.7 Å². The van der Waals surface area contributed by atoms with Crippen LogP contribution in [-0.4, -0.2) is 52.9 Å². The fraction of sp³-hybridized carbons (Fsp3) is 0.632. The third-order valence-electron chi connectivity index (χ3n) is 5.88. The molecule has 0 spiro atoms. The lowest BCUT2D eigenvalue weighted by molar-refractivity contribution is -0.00204. The van der Waals surface area contributed by atoms with Crippen LogP contribution in [0.3, 0.4) is 0 Å². The Bertz CT molecular complexity index is 693. The predicted molar refractivity (Wildman–Crippen MR) is 97.9 cm³/mol. The fourth-order valence-corrected chi connectivity index (χ4v) is 3.20. The molecule has 0 bridgehead atoms. The zero-order valence-electron chi connectivity index (χ0n) is 16.1. The van der Waals surface area contributed by atoms with E-state index >= 15 is 0 Å². The fourth-order valence-electron chi connectivity index (χ4n) is 3.20. The molecule has 2 aliphatic rings. The van der Waals surface area contributed by atoms with Crippen molar-refractivity contribution < 1.29 is 23.6 Å². The molecule has 2 heterocycles. The van der Waals surface area contributed by atoms with Gasteiger partial charge >= 0.3 is 7.12 Å². The predicted octanol–water partition coefficient (Wildman–Crippen LogP) is 2.11. The van der Waals surface area contributed by atoms with E-state index in [0.29, 0.717) is 37.0 Å². The van der Waals surface area contributed by atoms with Crippen molar-refractivity contribution in [2.75, 3.05) is 13.1 Å². The quantitative estimate of drug-likeness (QED) is 0.818. The lowest BCUT2D eigenvalue weighted by Gasteiger charge is -2.35. The number of hydrogen-bond donors (Lipinski definition) is 1. The van der Waals surface area contributed by atoms with Crippen molar-refractivity contribution in [1.29, 1.82) is 0 Å². The maximum atomic E-state index is 14.7. The van der Waals surface area contributed by atoms with Crippen LogP contribution in [0.25, 0.3) is 0 Å².